The molecule has 1 fully saturated rings. The Hall–Kier alpha value is -3.47. The van der Waals surface area contributed by atoms with E-state index in [4.69, 9.17) is 0 Å². The summed E-state index contributed by atoms with van der Waals surface area (Å²) < 4.78 is 0. The van der Waals surface area contributed by atoms with Gasteiger partial charge in [-0.25, -0.2) is 0 Å². The van der Waals surface area contributed by atoms with Crippen LogP contribution in [0.15, 0.2) is 79.1 Å². The maximum absolute atomic E-state index is 13.4. The van der Waals surface area contributed by atoms with Gasteiger partial charge in [-0.05, 0) is 42.0 Å². The zero-order chi connectivity index (χ0) is 23.3. The molecule has 1 unspecified atom stereocenters. The highest BCUT2D eigenvalue weighted by Gasteiger charge is 2.46. The molecule has 0 spiro atoms. The largest absolute Gasteiger partial charge is 0.348 e. The predicted molar refractivity (Wildman–Crippen MR) is 130 cm³/mol. The van der Waals surface area contributed by atoms with Crippen LogP contribution in [0, 0.1) is 5.41 Å². The quantitative estimate of drug-likeness (QED) is 0.551. The zero-order valence-corrected chi connectivity index (χ0v) is 19.4. The molecule has 0 aliphatic carbocycles. The molecule has 1 saturated heterocycles. The summed E-state index contributed by atoms with van der Waals surface area (Å²) in [4.78, 5) is 34.3. The maximum Gasteiger partial charge on any atom is 0.230 e. The molecule has 0 N–H and O–H groups in total. The lowest BCUT2D eigenvalue weighted by Crippen LogP contribution is -2.44. The van der Waals surface area contributed by atoms with Gasteiger partial charge in [0.1, 0.15) is 0 Å². The number of carbonyl (C=O) groups is 2. The molecular formula is C28H31N3O2. The van der Waals surface area contributed by atoms with E-state index >= 15 is 0 Å². The lowest BCUT2D eigenvalue weighted by Gasteiger charge is -2.32. The minimum absolute atomic E-state index is 0.0850. The molecule has 33 heavy (non-hydrogen) atoms. The summed E-state index contributed by atoms with van der Waals surface area (Å²) in [5.41, 5.74) is 3.77. The van der Waals surface area contributed by atoms with E-state index in [1.165, 1.54) is 0 Å². The van der Waals surface area contributed by atoms with Crippen LogP contribution in [-0.4, -0.2) is 53.8 Å². The molecule has 5 nitrogen and oxygen atoms in total. The molecular weight excluding hydrogens is 410 g/mol. The summed E-state index contributed by atoms with van der Waals surface area (Å²) in [5.74, 6) is 0.203. The van der Waals surface area contributed by atoms with Gasteiger partial charge in [-0.1, -0.05) is 60.7 Å². The van der Waals surface area contributed by atoms with E-state index < -0.39 is 5.41 Å². The van der Waals surface area contributed by atoms with Crippen molar-refractivity contribution in [1.29, 1.82) is 0 Å². The third kappa shape index (κ3) is 5.14. The van der Waals surface area contributed by atoms with Gasteiger partial charge < -0.3 is 9.80 Å². The molecule has 1 aromatic heterocycles. The first-order chi connectivity index (χ1) is 16.0. The average molecular weight is 442 g/mol. The van der Waals surface area contributed by atoms with E-state index in [9.17, 15) is 9.59 Å². The van der Waals surface area contributed by atoms with Crippen molar-refractivity contribution < 1.29 is 9.59 Å². The minimum Gasteiger partial charge on any atom is -0.348 e. The highest BCUT2D eigenvalue weighted by atomic mass is 16.2. The SMILES string of the molecule is CN(C)C(=O)C1(Cc2ccccc2-c2cccnc2)CCN(C(=O)CCc2ccccc2)C1. The Morgan fingerprint density at radius 3 is 2.48 bits per heavy atom. The van der Waals surface area contributed by atoms with Gasteiger partial charge in [0.2, 0.25) is 11.8 Å². The molecule has 4 rings (SSSR count). The second kappa shape index (κ2) is 9.99. The molecule has 2 heterocycles. The fraction of sp³-hybridized carbons (Fsp3) is 0.321. The van der Waals surface area contributed by atoms with Gasteiger partial charge in [0.05, 0.1) is 5.41 Å². The number of carbonyl (C=O) groups excluding carboxylic acids is 2. The lowest BCUT2D eigenvalue weighted by atomic mass is 9.78. The van der Waals surface area contributed by atoms with Crippen LogP contribution in [0.1, 0.15) is 24.0 Å². The summed E-state index contributed by atoms with van der Waals surface area (Å²) in [6, 6.07) is 22.2. The van der Waals surface area contributed by atoms with Crippen molar-refractivity contribution in [2.75, 3.05) is 27.2 Å². The summed E-state index contributed by atoms with van der Waals surface area (Å²) in [6.45, 7) is 1.07. The predicted octanol–water partition coefficient (Wildman–Crippen LogP) is 4.23. The second-order valence-corrected chi connectivity index (χ2v) is 9.11. The Kier molecular flexibility index (Phi) is 6.87. The standard InChI is InChI=1S/C28H31N3O2/c1-30(2)27(33)28(19-23-11-6-7-13-25(23)24-12-8-17-29-20-24)16-18-31(21-28)26(32)15-14-22-9-4-3-5-10-22/h3-13,17,20H,14-16,18-19,21H2,1-2H3. The molecule has 2 amide bonds. The smallest absolute Gasteiger partial charge is 0.230 e. The fourth-order valence-electron chi connectivity index (χ4n) is 4.85. The van der Waals surface area contributed by atoms with Crippen molar-refractivity contribution >= 4 is 11.8 Å². The number of nitrogens with zero attached hydrogens (tertiary/aromatic N) is 3. The second-order valence-electron chi connectivity index (χ2n) is 9.11. The third-order valence-corrected chi connectivity index (χ3v) is 6.56. The monoisotopic (exact) mass is 441 g/mol. The Labute approximate surface area is 196 Å². The summed E-state index contributed by atoms with van der Waals surface area (Å²) >= 11 is 0. The van der Waals surface area contributed by atoms with Crippen molar-refractivity contribution in [3.8, 4) is 11.1 Å². The van der Waals surface area contributed by atoms with Gasteiger partial charge in [0.15, 0.2) is 0 Å². The zero-order valence-electron chi connectivity index (χ0n) is 19.4. The molecule has 1 aliphatic heterocycles. The van der Waals surface area contributed by atoms with Crippen LogP contribution in [0.3, 0.4) is 0 Å². The molecule has 5 heteroatoms. The number of benzene rings is 2. The van der Waals surface area contributed by atoms with Crippen LogP contribution in [0.5, 0.6) is 0 Å². The van der Waals surface area contributed by atoms with E-state index in [0.29, 0.717) is 38.8 Å². The number of hydrogen-bond acceptors (Lipinski definition) is 3. The van der Waals surface area contributed by atoms with Crippen molar-refractivity contribution in [2.24, 2.45) is 5.41 Å². The van der Waals surface area contributed by atoms with Gasteiger partial charge in [0.25, 0.3) is 0 Å². The first-order valence-electron chi connectivity index (χ1n) is 11.5. The van der Waals surface area contributed by atoms with Crippen LogP contribution in [0.4, 0.5) is 0 Å². The first-order valence-corrected chi connectivity index (χ1v) is 11.5. The maximum atomic E-state index is 13.4. The van der Waals surface area contributed by atoms with Gasteiger partial charge in [0, 0.05) is 51.6 Å². The van der Waals surface area contributed by atoms with E-state index in [0.717, 1.165) is 22.3 Å². The molecule has 2 aromatic carbocycles. The number of pyridine rings is 1. The fourth-order valence-corrected chi connectivity index (χ4v) is 4.85. The Bertz CT molecular complexity index is 1100. The van der Waals surface area contributed by atoms with Crippen LogP contribution < -0.4 is 0 Å². The topological polar surface area (TPSA) is 53.5 Å². The molecule has 0 radical (unpaired) electrons. The van der Waals surface area contributed by atoms with Crippen LogP contribution in [-0.2, 0) is 22.4 Å². The summed E-state index contributed by atoms with van der Waals surface area (Å²) in [7, 11) is 3.61. The average Bonchev–Trinajstić information content (AvgIpc) is 3.28. The van der Waals surface area contributed by atoms with Gasteiger partial charge in [-0.3, -0.25) is 14.6 Å². The number of likely N-dealkylation sites (tertiary alicyclic amines) is 1. The Morgan fingerprint density at radius 1 is 1.00 bits per heavy atom. The number of amides is 2. The lowest BCUT2D eigenvalue weighted by molar-refractivity contribution is -0.139. The van der Waals surface area contributed by atoms with Gasteiger partial charge in [-0.2, -0.15) is 0 Å². The highest BCUT2D eigenvalue weighted by Crippen LogP contribution is 2.38. The molecule has 170 valence electrons. The van der Waals surface area contributed by atoms with E-state index in [1.54, 1.807) is 25.2 Å². The Morgan fingerprint density at radius 2 is 1.76 bits per heavy atom. The number of aromatic nitrogens is 1. The third-order valence-electron chi connectivity index (χ3n) is 6.56. The number of aryl methyl sites for hydroxylation is 1. The molecule has 3 aromatic rings. The normalized spacial score (nSPS) is 17.7. The first kappa shape index (κ1) is 22.7. The highest BCUT2D eigenvalue weighted by molar-refractivity contribution is 5.86. The van der Waals surface area contributed by atoms with Crippen LogP contribution in [0.25, 0.3) is 11.1 Å². The van der Waals surface area contributed by atoms with Crippen molar-refractivity contribution in [1.82, 2.24) is 14.8 Å². The Balaban J connectivity index is 1.55. The molecule has 1 atom stereocenters. The summed E-state index contributed by atoms with van der Waals surface area (Å²) in [6.07, 6.45) is 6.06. The van der Waals surface area contributed by atoms with Crippen molar-refractivity contribution in [2.45, 2.75) is 25.7 Å². The summed E-state index contributed by atoms with van der Waals surface area (Å²) in [5, 5.41) is 0. The number of hydrogen-bond donors (Lipinski definition) is 0. The minimum atomic E-state index is -0.621. The van der Waals surface area contributed by atoms with Crippen LogP contribution >= 0.6 is 0 Å². The van der Waals surface area contributed by atoms with Gasteiger partial charge in [-0.15, -0.1) is 0 Å². The van der Waals surface area contributed by atoms with Crippen LogP contribution in [0.2, 0.25) is 0 Å². The number of rotatable bonds is 7. The van der Waals surface area contributed by atoms with E-state index in [2.05, 4.69) is 17.1 Å². The van der Waals surface area contributed by atoms with E-state index in [1.807, 2.05) is 65.7 Å². The van der Waals surface area contributed by atoms with E-state index in [-0.39, 0.29) is 11.8 Å². The molecule has 1 aliphatic rings. The molecule has 0 saturated carbocycles. The van der Waals surface area contributed by atoms with Crippen molar-refractivity contribution in [3.63, 3.8) is 0 Å². The molecule has 0 bridgehead atoms. The van der Waals surface area contributed by atoms with Crippen molar-refractivity contribution in [3.05, 3.63) is 90.3 Å². The van der Waals surface area contributed by atoms with Gasteiger partial charge >= 0.3 is 0 Å².